The molecule has 1 heterocycles. The lowest BCUT2D eigenvalue weighted by atomic mass is 9.98. The third-order valence-corrected chi connectivity index (χ3v) is 2.96. The van der Waals surface area contributed by atoms with Gasteiger partial charge in [-0.15, -0.1) is 0 Å². The molecule has 0 bridgehead atoms. The van der Waals surface area contributed by atoms with E-state index in [0.717, 1.165) is 19.8 Å². The standard InChI is InChI=1S/C10H22N2O2/c1-9-6-14-5-4-12(9)10(2,7-11)8-13-3/h9H,4-8,11H2,1-3H3. The molecule has 84 valence electrons. The molecule has 0 radical (unpaired) electrons. The van der Waals surface area contributed by atoms with Crippen LogP contribution in [0.5, 0.6) is 0 Å². The van der Waals surface area contributed by atoms with Gasteiger partial charge in [-0.25, -0.2) is 0 Å². The van der Waals surface area contributed by atoms with Crippen molar-refractivity contribution in [2.75, 3.05) is 40.0 Å². The number of hydrogen-bond donors (Lipinski definition) is 1. The van der Waals surface area contributed by atoms with Gasteiger partial charge in [0.25, 0.3) is 0 Å². The van der Waals surface area contributed by atoms with Crippen LogP contribution in [0.1, 0.15) is 13.8 Å². The zero-order valence-electron chi connectivity index (χ0n) is 9.45. The first-order valence-electron chi connectivity index (χ1n) is 5.17. The van der Waals surface area contributed by atoms with Crippen molar-refractivity contribution in [3.8, 4) is 0 Å². The first-order valence-corrected chi connectivity index (χ1v) is 5.17. The summed E-state index contributed by atoms with van der Waals surface area (Å²) >= 11 is 0. The van der Waals surface area contributed by atoms with Gasteiger partial charge in [0.15, 0.2) is 0 Å². The summed E-state index contributed by atoms with van der Waals surface area (Å²) in [6, 6.07) is 0.424. The second kappa shape index (κ2) is 5.07. The first kappa shape index (κ1) is 11.9. The number of nitrogens with zero attached hydrogens (tertiary/aromatic N) is 1. The molecule has 0 spiro atoms. The predicted molar refractivity (Wildman–Crippen MR) is 56.3 cm³/mol. The number of nitrogens with two attached hydrogens (primary N) is 1. The Balaban J connectivity index is 2.65. The van der Waals surface area contributed by atoms with Crippen LogP contribution in [0.4, 0.5) is 0 Å². The Bertz CT molecular complexity index is 178. The van der Waals surface area contributed by atoms with Gasteiger partial charge in [0.05, 0.1) is 25.4 Å². The summed E-state index contributed by atoms with van der Waals surface area (Å²) in [7, 11) is 1.72. The quantitative estimate of drug-likeness (QED) is 0.701. The van der Waals surface area contributed by atoms with Crippen LogP contribution in [-0.2, 0) is 9.47 Å². The molecule has 0 aromatic rings. The maximum Gasteiger partial charge on any atom is 0.0656 e. The Morgan fingerprint density at radius 3 is 2.86 bits per heavy atom. The summed E-state index contributed by atoms with van der Waals surface area (Å²) in [4.78, 5) is 2.39. The van der Waals surface area contributed by atoms with Crippen LogP contribution in [0.25, 0.3) is 0 Å². The smallest absolute Gasteiger partial charge is 0.0656 e. The van der Waals surface area contributed by atoms with Crippen molar-refractivity contribution in [1.29, 1.82) is 0 Å². The summed E-state index contributed by atoms with van der Waals surface area (Å²) < 4.78 is 10.6. The Morgan fingerprint density at radius 2 is 2.36 bits per heavy atom. The molecule has 4 nitrogen and oxygen atoms in total. The Morgan fingerprint density at radius 1 is 1.64 bits per heavy atom. The third kappa shape index (κ3) is 2.45. The molecule has 0 aromatic heterocycles. The fraction of sp³-hybridized carbons (Fsp3) is 1.00. The topological polar surface area (TPSA) is 47.7 Å². The van der Waals surface area contributed by atoms with Gasteiger partial charge in [-0.3, -0.25) is 4.90 Å². The van der Waals surface area contributed by atoms with E-state index in [2.05, 4.69) is 18.7 Å². The zero-order valence-corrected chi connectivity index (χ0v) is 9.45. The van der Waals surface area contributed by atoms with E-state index in [1.165, 1.54) is 0 Å². The van der Waals surface area contributed by atoms with Gasteiger partial charge in [-0.05, 0) is 13.8 Å². The number of ether oxygens (including phenoxy) is 2. The Labute approximate surface area is 86.3 Å². The predicted octanol–water partition coefficient (Wildman–Crippen LogP) is 0.0709. The van der Waals surface area contributed by atoms with Gasteiger partial charge >= 0.3 is 0 Å². The Kier molecular flexibility index (Phi) is 4.31. The van der Waals surface area contributed by atoms with Crippen LogP contribution in [0.2, 0.25) is 0 Å². The van der Waals surface area contributed by atoms with Crippen LogP contribution in [0.15, 0.2) is 0 Å². The first-order chi connectivity index (χ1) is 6.64. The average Bonchev–Trinajstić information content (AvgIpc) is 2.18. The fourth-order valence-corrected chi connectivity index (χ4v) is 2.10. The lowest BCUT2D eigenvalue weighted by Crippen LogP contribution is -2.61. The minimum atomic E-state index is -0.0576. The van der Waals surface area contributed by atoms with Crippen molar-refractivity contribution in [3.05, 3.63) is 0 Å². The highest BCUT2D eigenvalue weighted by atomic mass is 16.5. The van der Waals surface area contributed by atoms with E-state index in [1.54, 1.807) is 7.11 Å². The third-order valence-electron chi connectivity index (χ3n) is 2.96. The van der Waals surface area contributed by atoms with Crippen LogP contribution in [0, 0.1) is 0 Å². The number of methoxy groups -OCH3 is 1. The molecule has 4 heteroatoms. The molecule has 2 atom stereocenters. The highest BCUT2D eigenvalue weighted by molar-refractivity contribution is 4.91. The van der Waals surface area contributed by atoms with Crippen LogP contribution < -0.4 is 5.73 Å². The molecule has 0 saturated carbocycles. The monoisotopic (exact) mass is 202 g/mol. The zero-order chi connectivity index (χ0) is 10.6. The average molecular weight is 202 g/mol. The van der Waals surface area contributed by atoms with Crippen molar-refractivity contribution < 1.29 is 9.47 Å². The fourth-order valence-electron chi connectivity index (χ4n) is 2.10. The molecule has 1 aliphatic rings. The van der Waals surface area contributed by atoms with E-state index >= 15 is 0 Å². The summed E-state index contributed by atoms with van der Waals surface area (Å²) in [5.74, 6) is 0. The second-order valence-corrected chi connectivity index (χ2v) is 4.25. The minimum absolute atomic E-state index is 0.0576. The van der Waals surface area contributed by atoms with E-state index in [4.69, 9.17) is 15.2 Å². The summed E-state index contributed by atoms with van der Waals surface area (Å²) in [5.41, 5.74) is 5.77. The van der Waals surface area contributed by atoms with Crippen LogP contribution >= 0.6 is 0 Å². The lowest BCUT2D eigenvalue weighted by Gasteiger charge is -2.46. The van der Waals surface area contributed by atoms with Crippen molar-refractivity contribution in [2.45, 2.75) is 25.4 Å². The SMILES string of the molecule is COCC(C)(CN)N1CCOCC1C. The van der Waals surface area contributed by atoms with Gasteiger partial charge in [0, 0.05) is 26.2 Å². The molecule has 2 unspecified atom stereocenters. The molecular formula is C10H22N2O2. The van der Waals surface area contributed by atoms with Gasteiger partial charge in [0.1, 0.15) is 0 Å². The van der Waals surface area contributed by atoms with Crippen LogP contribution in [0.3, 0.4) is 0 Å². The van der Waals surface area contributed by atoms with E-state index < -0.39 is 0 Å². The molecular weight excluding hydrogens is 180 g/mol. The highest BCUT2D eigenvalue weighted by Crippen LogP contribution is 2.20. The molecule has 1 aliphatic heterocycles. The van der Waals surface area contributed by atoms with Crippen molar-refractivity contribution in [3.63, 3.8) is 0 Å². The van der Waals surface area contributed by atoms with Crippen molar-refractivity contribution in [2.24, 2.45) is 5.73 Å². The lowest BCUT2D eigenvalue weighted by molar-refractivity contribution is -0.0721. The van der Waals surface area contributed by atoms with Gasteiger partial charge in [0.2, 0.25) is 0 Å². The largest absolute Gasteiger partial charge is 0.383 e. The highest BCUT2D eigenvalue weighted by Gasteiger charge is 2.35. The number of morpholine rings is 1. The van der Waals surface area contributed by atoms with E-state index in [9.17, 15) is 0 Å². The van der Waals surface area contributed by atoms with Crippen molar-refractivity contribution >= 4 is 0 Å². The van der Waals surface area contributed by atoms with Gasteiger partial charge in [-0.2, -0.15) is 0 Å². The summed E-state index contributed by atoms with van der Waals surface area (Å²) in [6.07, 6.45) is 0. The Hall–Kier alpha value is -0.160. The number of hydrogen-bond acceptors (Lipinski definition) is 4. The summed E-state index contributed by atoms with van der Waals surface area (Å²) in [6.45, 7) is 8.14. The summed E-state index contributed by atoms with van der Waals surface area (Å²) in [5, 5.41) is 0. The molecule has 0 amide bonds. The molecule has 0 aliphatic carbocycles. The normalized spacial score (nSPS) is 28.7. The molecule has 2 N–H and O–H groups in total. The maximum absolute atomic E-state index is 5.82. The van der Waals surface area contributed by atoms with E-state index in [-0.39, 0.29) is 5.54 Å². The van der Waals surface area contributed by atoms with E-state index in [1.807, 2.05) is 0 Å². The van der Waals surface area contributed by atoms with Crippen LogP contribution in [-0.4, -0.2) is 56.5 Å². The second-order valence-electron chi connectivity index (χ2n) is 4.25. The molecule has 0 aromatic carbocycles. The maximum atomic E-state index is 5.82. The van der Waals surface area contributed by atoms with Gasteiger partial charge in [-0.1, -0.05) is 0 Å². The number of rotatable bonds is 4. The van der Waals surface area contributed by atoms with Crippen molar-refractivity contribution in [1.82, 2.24) is 4.90 Å². The van der Waals surface area contributed by atoms with E-state index in [0.29, 0.717) is 19.2 Å². The molecule has 1 fully saturated rings. The van der Waals surface area contributed by atoms with Gasteiger partial charge < -0.3 is 15.2 Å². The molecule has 1 rings (SSSR count). The minimum Gasteiger partial charge on any atom is -0.383 e. The molecule has 14 heavy (non-hydrogen) atoms. The molecule has 1 saturated heterocycles.